The van der Waals surface area contributed by atoms with Crippen LogP contribution in [0.4, 0.5) is 0 Å². The molecule has 4 rings (SSSR count). The maximum atomic E-state index is 11.5. The molecule has 0 spiro atoms. The molecule has 0 amide bonds. The van der Waals surface area contributed by atoms with E-state index >= 15 is 0 Å². The normalized spacial score (nSPS) is 19.0. The molecule has 0 unspecified atom stereocenters. The second kappa shape index (κ2) is 7.05. The number of aromatic nitrogens is 4. The van der Waals surface area contributed by atoms with Gasteiger partial charge in [-0.15, -0.1) is 0 Å². The van der Waals surface area contributed by atoms with E-state index in [0.717, 1.165) is 23.5 Å². The maximum absolute atomic E-state index is 11.5. The zero-order chi connectivity index (χ0) is 18.0. The molecular formula is C18H21N5O2S. The average Bonchev–Trinajstić information content (AvgIpc) is 3.35. The Bertz CT molecular complexity index is 978. The van der Waals surface area contributed by atoms with E-state index in [1.807, 2.05) is 53.6 Å². The summed E-state index contributed by atoms with van der Waals surface area (Å²) in [4.78, 5) is 4.26. The van der Waals surface area contributed by atoms with E-state index in [0.29, 0.717) is 18.7 Å². The highest BCUT2D eigenvalue weighted by molar-refractivity contribution is 7.91. The molecule has 1 aromatic carbocycles. The summed E-state index contributed by atoms with van der Waals surface area (Å²) in [6, 6.07) is 10.0. The molecule has 1 fully saturated rings. The Morgan fingerprint density at radius 3 is 2.81 bits per heavy atom. The van der Waals surface area contributed by atoms with E-state index in [1.165, 1.54) is 0 Å². The lowest BCUT2D eigenvalue weighted by molar-refractivity contribution is 0.521. The molecule has 0 aliphatic carbocycles. The van der Waals surface area contributed by atoms with Gasteiger partial charge in [-0.05, 0) is 18.6 Å². The van der Waals surface area contributed by atoms with Crippen molar-refractivity contribution in [1.29, 1.82) is 0 Å². The predicted octanol–water partition coefficient (Wildman–Crippen LogP) is 1.51. The van der Waals surface area contributed by atoms with Gasteiger partial charge in [-0.1, -0.05) is 18.2 Å². The lowest BCUT2D eigenvalue weighted by atomic mass is 10.2. The van der Waals surface area contributed by atoms with Gasteiger partial charge in [0, 0.05) is 30.9 Å². The Labute approximate surface area is 152 Å². The highest BCUT2D eigenvalue weighted by Gasteiger charge is 2.27. The third-order valence-electron chi connectivity index (χ3n) is 4.63. The summed E-state index contributed by atoms with van der Waals surface area (Å²) >= 11 is 0. The Kier molecular flexibility index (Phi) is 4.60. The van der Waals surface area contributed by atoms with Crippen molar-refractivity contribution in [3.63, 3.8) is 0 Å². The summed E-state index contributed by atoms with van der Waals surface area (Å²) in [5.74, 6) is 0.535. The number of hydrogen-bond acceptors (Lipinski definition) is 5. The zero-order valence-corrected chi connectivity index (χ0v) is 15.1. The van der Waals surface area contributed by atoms with Crippen molar-refractivity contribution in [3.8, 4) is 16.9 Å². The van der Waals surface area contributed by atoms with Crippen LogP contribution in [0.1, 0.15) is 6.42 Å². The first-order valence-corrected chi connectivity index (χ1v) is 10.5. The molecular weight excluding hydrogens is 350 g/mol. The number of para-hydroxylation sites is 1. The molecule has 1 aliphatic heterocycles. The molecule has 0 radical (unpaired) electrons. The Hall–Kier alpha value is -2.45. The van der Waals surface area contributed by atoms with Gasteiger partial charge in [-0.3, -0.25) is 0 Å². The highest BCUT2D eigenvalue weighted by Crippen LogP contribution is 2.20. The smallest absolute Gasteiger partial charge is 0.151 e. The standard InChI is InChI=1S/C18H21N5O2S/c24-26(25)9-6-16(13-26)20-7-8-22-14-19-11-18(22)15-10-21-23(12-15)17-4-2-1-3-5-17/h1-5,10-12,14,16,20H,6-9,13H2/t16-/m0/s1. The van der Waals surface area contributed by atoms with Gasteiger partial charge in [0.2, 0.25) is 0 Å². The summed E-state index contributed by atoms with van der Waals surface area (Å²) in [7, 11) is -2.85. The average molecular weight is 371 g/mol. The molecule has 1 saturated heterocycles. The van der Waals surface area contributed by atoms with Gasteiger partial charge in [0.05, 0.1) is 41.6 Å². The summed E-state index contributed by atoms with van der Waals surface area (Å²) < 4.78 is 27.0. The van der Waals surface area contributed by atoms with Gasteiger partial charge >= 0.3 is 0 Å². The first-order chi connectivity index (χ1) is 12.6. The van der Waals surface area contributed by atoms with Crippen molar-refractivity contribution in [3.05, 3.63) is 55.2 Å². The van der Waals surface area contributed by atoms with E-state index in [-0.39, 0.29) is 11.8 Å². The highest BCUT2D eigenvalue weighted by atomic mass is 32.2. The lowest BCUT2D eigenvalue weighted by Gasteiger charge is -2.12. The van der Waals surface area contributed by atoms with Gasteiger partial charge in [0.1, 0.15) is 0 Å². The fraction of sp³-hybridized carbons (Fsp3) is 0.333. The lowest BCUT2D eigenvalue weighted by Crippen LogP contribution is -2.32. The van der Waals surface area contributed by atoms with Crippen LogP contribution in [0.15, 0.2) is 55.2 Å². The number of sulfone groups is 1. The quantitative estimate of drug-likeness (QED) is 0.710. The van der Waals surface area contributed by atoms with Crippen LogP contribution < -0.4 is 5.32 Å². The second-order valence-corrected chi connectivity index (χ2v) is 8.76. The molecule has 7 nitrogen and oxygen atoms in total. The van der Waals surface area contributed by atoms with Crippen molar-refractivity contribution >= 4 is 9.84 Å². The Balaban J connectivity index is 1.42. The number of hydrogen-bond donors (Lipinski definition) is 1. The SMILES string of the molecule is O=S1(=O)CC[C@H](NCCn2cncc2-c2cnn(-c3ccccc3)c2)C1. The molecule has 0 bridgehead atoms. The molecule has 2 aromatic heterocycles. The summed E-state index contributed by atoms with van der Waals surface area (Å²) in [6.07, 6.45) is 8.13. The molecule has 136 valence electrons. The molecule has 1 atom stereocenters. The topological polar surface area (TPSA) is 81.8 Å². The van der Waals surface area contributed by atoms with Crippen LogP contribution >= 0.6 is 0 Å². The van der Waals surface area contributed by atoms with Gasteiger partial charge in [-0.25, -0.2) is 18.1 Å². The number of nitrogens with zero attached hydrogens (tertiary/aromatic N) is 4. The number of nitrogens with one attached hydrogen (secondary N) is 1. The van der Waals surface area contributed by atoms with Crippen molar-refractivity contribution in [1.82, 2.24) is 24.6 Å². The first kappa shape index (κ1) is 17.0. The van der Waals surface area contributed by atoms with Crippen LogP contribution in [-0.2, 0) is 16.4 Å². The first-order valence-electron chi connectivity index (χ1n) is 8.65. The van der Waals surface area contributed by atoms with Crippen LogP contribution in [0.2, 0.25) is 0 Å². The van der Waals surface area contributed by atoms with Crippen LogP contribution in [0.5, 0.6) is 0 Å². The van der Waals surface area contributed by atoms with Crippen molar-refractivity contribution in [2.24, 2.45) is 0 Å². The van der Waals surface area contributed by atoms with Crippen LogP contribution in [-0.4, -0.2) is 51.8 Å². The number of rotatable bonds is 6. The van der Waals surface area contributed by atoms with E-state index in [1.54, 1.807) is 6.33 Å². The minimum absolute atomic E-state index is 0.0628. The van der Waals surface area contributed by atoms with Gasteiger partial charge in [0.25, 0.3) is 0 Å². The van der Waals surface area contributed by atoms with Crippen molar-refractivity contribution in [2.75, 3.05) is 18.1 Å². The molecule has 3 aromatic rings. The maximum Gasteiger partial charge on any atom is 0.151 e. The fourth-order valence-corrected chi connectivity index (χ4v) is 4.97. The Morgan fingerprint density at radius 2 is 2.04 bits per heavy atom. The third-order valence-corrected chi connectivity index (χ3v) is 6.40. The van der Waals surface area contributed by atoms with Crippen LogP contribution in [0.25, 0.3) is 16.9 Å². The Morgan fingerprint density at radius 1 is 1.19 bits per heavy atom. The molecule has 8 heteroatoms. The van der Waals surface area contributed by atoms with E-state index < -0.39 is 9.84 Å². The minimum Gasteiger partial charge on any atom is -0.329 e. The van der Waals surface area contributed by atoms with E-state index in [4.69, 9.17) is 0 Å². The molecule has 0 saturated carbocycles. The predicted molar refractivity (Wildman–Crippen MR) is 99.8 cm³/mol. The zero-order valence-electron chi connectivity index (χ0n) is 14.3. The summed E-state index contributed by atoms with van der Waals surface area (Å²) in [5.41, 5.74) is 3.00. The summed E-state index contributed by atoms with van der Waals surface area (Å²) in [5, 5.41) is 7.77. The van der Waals surface area contributed by atoms with Gasteiger partial charge in [0.15, 0.2) is 9.84 Å². The third kappa shape index (κ3) is 3.71. The fourth-order valence-electron chi connectivity index (χ4n) is 3.26. The van der Waals surface area contributed by atoms with Crippen molar-refractivity contribution in [2.45, 2.75) is 19.0 Å². The molecule has 1 aliphatic rings. The van der Waals surface area contributed by atoms with Gasteiger partial charge < -0.3 is 9.88 Å². The van der Waals surface area contributed by atoms with Crippen LogP contribution in [0.3, 0.4) is 0 Å². The molecule has 3 heterocycles. The van der Waals surface area contributed by atoms with E-state index in [2.05, 4.69) is 20.0 Å². The van der Waals surface area contributed by atoms with Gasteiger partial charge in [-0.2, -0.15) is 5.10 Å². The molecule has 1 N–H and O–H groups in total. The minimum atomic E-state index is -2.85. The molecule has 26 heavy (non-hydrogen) atoms. The largest absolute Gasteiger partial charge is 0.329 e. The van der Waals surface area contributed by atoms with E-state index in [9.17, 15) is 8.42 Å². The monoisotopic (exact) mass is 371 g/mol. The summed E-state index contributed by atoms with van der Waals surface area (Å²) in [6.45, 7) is 1.43. The van der Waals surface area contributed by atoms with Crippen LogP contribution in [0, 0.1) is 0 Å². The number of benzene rings is 1. The van der Waals surface area contributed by atoms with Crippen molar-refractivity contribution < 1.29 is 8.42 Å². The number of imidazole rings is 1. The second-order valence-electron chi connectivity index (χ2n) is 6.54.